The maximum atomic E-state index is 15.7. The van der Waals surface area contributed by atoms with Crippen molar-refractivity contribution in [1.29, 1.82) is 0 Å². The van der Waals surface area contributed by atoms with Crippen LogP contribution in [0.25, 0.3) is 11.1 Å². The molecule has 6 rings (SSSR count). The summed E-state index contributed by atoms with van der Waals surface area (Å²) in [6.45, 7) is 0.727. The lowest BCUT2D eigenvalue weighted by Crippen LogP contribution is -2.54. The lowest BCUT2D eigenvalue weighted by atomic mass is 9.91. The average molecular weight is 521 g/mol. The number of sulfonamides is 1. The number of rotatable bonds is 7. The minimum absolute atomic E-state index is 0.0365. The van der Waals surface area contributed by atoms with Crippen LogP contribution in [0, 0.1) is 17.0 Å². The van der Waals surface area contributed by atoms with Crippen molar-refractivity contribution in [1.82, 2.24) is 9.62 Å². The number of ether oxygens (including phenoxy) is 1. The average Bonchev–Trinajstić information content (AvgIpc) is 3.72. The molecule has 0 radical (unpaired) electrons. The van der Waals surface area contributed by atoms with Crippen molar-refractivity contribution >= 4 is 15.9 Å². The molecule has 4 aliphatic rings. The number of hydrogen-bond donors (Lipinski definition) is 1. The molecule has 2 aliphatic carbocycles. The fraction of sp³-hybridized carbons (Fsp3) is 0.500. The molecule has 2 saturated carbocycles. The van der Waals surface area contributed by atoms with Gasteiger partial charge in [-0.05, 0) is 42.5 Å². The van der Waals surface area contributed by atoms with Gasteiger partial charge in [0.2, 0.25) is 15.0 Å². The van der Waals surface area contributed by atoms with Crippen molar-refractivity contribution < 1.29 is 31.1 Å². The SMILES string of the molecule is O=C(C1CCO1)N1CC2(CC2)[C@H](NS(=O)(=O)C2(F)CC2)[C@@H]1Cc1cc(F)cc(-c2ccccc2)c1F. The molecule has 6 nitrogen and oxygen atoms in total. The lowest BCUT2D eigenvalue weighted by molar-refractivity contribution is -0.157. The van der Waals surface area contributed by atoms with Crippen LogP contribution < -0.4 is 4.72 Å². The van der Waals surface area contributed by atoms with Crippen molar-refractivity contribution in [3.63, 3.8) is 0 Å². The summed E-state index contributed by atoms with van der Waals surface area (Å²) in [5.74, 6) is -1.56. The number of nitrogens with zero attached hydrogens (tertiary/aromatic N) is 1. The smallest absolute Gasteiger partial charge is 0.252 e. The topological polar surface area (TPSA) is 75.7 Å². The Labute approximate surface area is 207 Å². The normalized spacial score (nSPS) is 27.6. The molecule has 2 saturated heterocycles. The minimum atomic E-state index is -4.31. The lowest BCUT2D eigenvalue weighted by Gasteiger charge is -2.34. The zero-order valence-electron chi connectivity index (χ0n) is 19.6. The van der Waals surface area contributed by atoms with Gasteiger partial charge >= 0.3 is 0 Å². The van der Waals surface area contributed by atoms with E-state index in [1.807, 2.05) is 0 Å². The third kappa shape index (κ3) is 3.94. The molecule has 10 heteroatoms. The van der Waals surface area contributed by atoms with Gasteiger partial charge in [-0.15, -0.1) is 0 Å². The molecule has 192 valence electrons. The summed E-state index contributed by atoms with van der Waals surface area (Å²) >= 11 is 0. The van der Waals surface area contributed by atoms with Crippen LogP contribution in [0.2, 0.25) is 0 Å². The van der Waals surface area contributed by atoms with Gasteiger partial charge in [0.15, 0.2) is 0 Å². The summed E-state index contributed by atoms with van der Waals surface area (Å²) in [6.07, 6.45) is 0.959. The Balaban J connectivity index is 1.38. The molecule has 36 heavy (non-hydrogen) atoms. The zero-order chi connectivity index (χ0) is 25.3. The van der Waals surface area contributed by atoms with Crippen molar-refractivity contribution in [2.45, 2.75) is 61.7 Å². The van der Waals surface area contributed by atoms with Gasteiger partial charge in [0.25, 0.3) is 5.91 Å². The number of carbonyl (C=O) groups is 1. The summed E-state index contributed by atoms with van der Waals surface area (Å²) in [7, 11) is -4.31. The summed E-state index contributed by atoms with van der Waals surface area (Å²) in [6, 6.07) is 9.17. The van der Waals surface area contributed by atoms with Crippen molar-refractivity contribution in [2.75, 3.05) is 13.2 Å². The Hall–Kier alpha value is -2.43. The second-order valence-electron chi connectivity index (χ2n) is 10.5. The van der Waals surface area contributed by atoms with Crippen LogP contribution in [0.1, 0.15) is 37.7 Å². The number of hydrogen-bond acceptors (Lipinski definition) is 4. The summed E-state index contributed by atoms with van der Waals surface area (Å²) in [4.78, 5) is 14.8. The van der Waals surface area contributed by atoms with Crippen LogP contribution in [0.4, 0.5) is 13.2 Å². The van der Waals surface area contributed by atoms with Gasteiger partial charge in [-0.1, -0.05) is 30.3 Å². The molecule has 0 bridgehead atoms. The molecule has 2 aliphatic heterocycles. The molecule has 1 amide bonds. The highest BCUT2D eigenvalue weighted by Gasteiger charge is 2.65. The molecule has 1 N–H and O–H groups in total. The zero-order valence-corrected chi connectivity index (χ0v) is 20.4. The van der Waals surface area contributed by atoms with Crippen molar-refractivity contribution in [3.05, 3.63) is 59.7 Å². The van der Waals surface area contributed by atoms with Crippen molar-refractivity contribution in [3.8, 4) is 11.1 Å². The summed E-state index contributed by atoms with van der Waals surface area (Å²) < 4.78 is 78.8. The molecular weight excluding hydrogens is 493 g/mol. The van der Waals surface area contributed by atoms with Gasteiger partial charge in [0, 0.05) is 42.8 Å². The summed E-state index contributed by atoms with van der Waals surface area (Å²) in [5, 5.41) is -2.31. The van der Waals surface area contributed by atoms with Crippen LogP contribution in [0.5, 0.6) is 0 Å². The number of alkyl halides is 1. The predicted molar refractivity (Wildman–Crippen MR) is 126 cm³/mol. The highest BCUT2D eigenvalue weighted by molar-refractivity contribution is 7.91. The third-order valence-corrected chi connectivity index (χ3v) is 10.0. The molecule has 1 unspecified atom stereocenters. The van der Waals surface area contributed by atoms with E-state index in [9.17, 15) is 22.0 Å². The highest BCUT2D eigenvalue weighted by atomic mass is 32.2. The van der Waals surface area contributed by atoms with E-state index in [4.69, 9.17) is 4.74 Å². The monoisotopic (exact) mass is 520 g/mol. The van der Waals surface area contributed by atoms with E-state index in [2.05, 4.69) is 4.72 Å². The fourth-order valence-corrected chi connectivity index (χ4v) is 7.14. The molecule has 2 aromatic rings. The Bertz CT molecular complexity index is 1310. The Morgan fingerprint density at radius 2 is 1.81 bits per heavy atom. The molecular formula is C26H27F3N2O4S. The first-order valence-electron chi connectivity index (χ1n) is 12.3. The van der Waals surface area contributed by atoms with Gasteiger partial charge in [0.1, 0.15) is 17.7 Å². The van der Waals surface area contributed by atoms with Crippen LogP contribution in [0.15, 0.2) is 42.5 Å². The quantitative estimate of drug-likeness (QED) is 0.604. The number of benzene rings is 2. The number of amides is 1. The van der Waals surface area contributed by atoms with E-state index < -0.39 is 50.3 Å². The van der Waals surface area contributed by atoms with E-state index in [1.54, 1.807) is 35.2 Å². The Kier molecular flexibility index (Phi) is 5.51. The summed E-state index contributed by atoms with van der Waals surface area (Å²) in [5.41, 5.74) is 0.0771. The number of halogens is 3. The largest absolute Gasteiger partial charge is 0.368 e. The van der Waals surface area contributed by atoms with E-state index in [-0.39, 0.29) is 42.8 Å². The Morgan fingerprint density at radius 1 is 1.11 bits per heavy atom. The minimum Gasteiger partial charge on any atom is -0.368 e. The number of nitrogens with one attached hydrogen (secondary N) is 1. The van der Waals surface area contributed by atoms with Crippen LogP contribution in [0.3, 0.4) is 0 Å². The molecule has 3 atom stereocenters. The first kappa shape index (κ1) is 23.9. The standard InChI is InChI=1S/C26H27F3N2O4S/c27-18-12-17(22(28)19(14-18)16-4-2-1-3-5-16)13-20-23(30-36(33,34)26(29)9-10-26)25(7-8-25)15-31(20)24(32)21-6-11-35-21/h1-5,12,14,20-21,23,30H,6-11,13,15H2/t20-,21?,23+/m0/s1. The maximum Gasteiger partial charge on any atom is 0.252 e. The second kappa shape index (κ2) is 8.29. The molecule has 2 aromatic carbocycles. The predicted octanol–water partition coefficient (Wildman–Crippen LogP) is 3.70. The maximum absolute atomic E-state index is 15.7. The van der Waals surface area contributed by atoms with Crippen LogP contribution in [-0.2, 0) is 26.0 Å². The first-order valence-corrected chi connectivity index (χ1v) is 13.8. The first-order chi connectivity index (χ1) is 17.1. The Morgan fingerprint density at radius 3 is 2.39 bits per heavy atom. The van der Waals surface area contributed by atoms with E-state index in [0.29, 0.717) is 31.4 Å². The number of likely N-dealkylation sites (tertiary alicyclic amines) is 1. The van der Waals surface area contributed by atoms with E-state index >= 15 is 4.39 Å². The third-order valence-electron chi connectivity index (χ3n) is 8.11. The van der Waals surface area contributed by atoms with Crippen molar-refractivity contribution in [2.24, 2.45) is 5.41 Å². The van der Waals surface area contributed by atoms with Gasteiger partial charge in [-0.3, -0.25) is 4.79 Å². The van der Waals surface area contributed by atoms with Gasteiger partial charge < -0.3 is 9.64 Å². The van der Waals surface area contributed by atoms with E-state index in [1.165, 1.54) is 0 Å². The number of carbonyl (C=O) groups excluding carboxylic acids is 1. The van der Waals surface area contributed by atoms with Gasteiger partial charge in [0.05, 0.1) is 12.6 Å². The molecule has 4 fully saturated rings. The van der Waals surface area contributed by atoms with Gasteiger partial charge in [-0.25, -0.2) is 26.3 Å². The molecule has 1 spiro atoms. The molecule has 0 aromatic heterocycles. The van der Waals surface area contributed by atoms with Gasteiger partial charge in [-0.2, -0.15) is 0 Å². The fourth-order valence-electron chi connectivity index (χ4n) is 5.55. The second-order valence-corrected chi connectivity index (χ2v) is 12.5. The van der Waals surface area contributed by atoms with Crippen LogP contribution >= 0.6 is 0 Å². The molecule has 2 heterocycles. The van der Waals surface area contributed by atoms with E-state index in [0.717, 1.165) is 12.1 Å². The highest BCUT2D eigenvalue weighted by Crippen LogP contribution is 2.57. The van der Waals surface area contributed by atoms with Crippen LogP contribution in [-0.4, -0.2) is 55.6 Å².